The first kappa shape index (κ1) is 16.9. The van der Waals surface area contributed by atoms with Gasteiger partial charge in [-0.15, -0.1) is 5.10 Å². The van der Waals surface area contributed by atoms with Crippen LogP contribution < -0.4 is 4.90 Å². The van der Waals surface area contributed by atoms with Crippen molar-refractivity contribution in [3.63, 3.8) is 0 Å². The number of furan rings is 1. The van der Waals surface area contributed by atoms with Gasteiger partial charge in [-0.25, -0.2) is 13.9 Å². The molecule has 7 nitrogen and oxygen atoms in total. The highest BCUT2D eigenvalue weighted by atomic mass is 19.1. The minimum absolute atomic E-state index is 0.0903. The summed E-state index contributed by atoms with van der Waals surface area (Å²) in [6.45, 7) is 3.88. The molecule has 1 aromatic carbocycles. The molecule has 0 aliphatic heterocycles. The lowest BCUT2D eigenvalue weighted by atomic mass is 10.2. The summed E-state index contributed by atoms with van der Waals surface area (Å²) >= 11 is 0. The largest absolute Gasteiger partial charge is 0.459 e. The highest BCUT2D eigenvalue weighted by molar-refractivity contribution is 6.04. The van der Waals surface area contributed by atoms with Crippen molar-refractivity contribution in [2.24, 2.45) is 0 Å². The second-order valence-electron chi connectivity index (χ2n) is 6.12. The lowest BCUT2D eigenvalue weighted by molar-refractivity contribution is 0.0957. The summed E-state index contributed by atoms with van der Waals surface area (Å²) < 4.78 is 20.2. The second-order valence-corrected chi connectivity index (χ2v) is 6.12. The van der Waals surface area contributed by atoms with Crippen molar-refractivity contribution in [1.82, 2.24) is 19.6 Å². The summed E-state index contributed by atoms with van der Waals surface area (Å²) in [4.78, 5) is 23.1. The van der Waals surface area contributed by atoms with Gasteiger partial charge < -0.3 is 4.42 Å². The number of aryl methyl sites for hydroxylation is 2. The van der Waals surface area contributed by atoms with E-state index in [1.54, 1.807) is 16.6 Å². The van der Waals surface area contributed by atoms with E-state index in [-0.39, 0.29) is 24.0 Å². The number of amides is 1. The van der Waals surface area contributed by atoms with E-state index in [4.69, 9.17) is 4.42 Å². The van der Waals surface area contributed by atoms with Gasteiger partial charge in [-0.3, -0.25) is 9.69 Å². The van der Waals surface area contributed by atoms with Crippen molar-refractivity contribution in [3.8, 4) is 0 Å². The smallest absolute Gasteiger partial charge is 0.294 e. The SMILES string of the molecule is Cc1cc(C)n2nc(CN(C(=O)c3ccco3)c3ccc(F)cc3)nc2n1. The molecule has 0 saturated heterocycles. The molecule has 0 bridgehead atoms. The zero-order chi connectivity index (χ0) is 19.0. The quantitative estimate of drug-likeness (QED) is 0.554. The number of halogens is 1. The first-order chi connectivity index (χ1) is 13.0. The number of hydrogen-bond donors (Lipinski definition) is 0. The third-order valence-electron chi connectivity index (χ3n) is 4.08. The molecule has 4 aromatic rings. The van der Waals surface area contributed by atoms with Crippen LogP contribution in [0, 0.1) is 19.7 Å². The van der Waals surface area contributed by atoms with E-state index in [0.717, 1.165) is 11.4 Å². The van der Waals surface area contributed by atoms with Gasteiger partial charge in [0, 0.05) is 17.1 Å². The van der Waals surface area contributed by atoms with Gasteiger partial charge in [0.2, 0.25) is 0 Å². The number of carbonyl (C=O) groups excluding carboxylic acids is 1. The summed E-state index contributed by atoms with van der Waals surface area (Å²) in [6, 6.07) is 10.8. The number of carbonyl (C=O) groups is 1. The Hall–Kier alpha value is -3.55. The van der Waals surface area contributed by atoms with Crippen LogP contribution in [0.4, 0.5) is 10.1 Å². The van der Waals surface area contributed by atoms with Crippen molar-refractivity contribution in [1.29, 1.82) is 0 Å². The average molecular weight is 365 g/mol. The molecule has 0 unspecified atom stereocenters. The number of benzene rings is 1. The van der Waals surface area contributed by atoms with E-state index in [0.29, 0.717) is 17.3 Å². The van der Waals surface area contributed by atoms with E-state index in [1.165, 1.54) is 35.4 Å². The Bertz CT molecular complexity index is 1100. The summed E-state index contributed by atoms with van der Waals surface area (Å²) in [6.07, 6.45) is 1.43. The molecule has 136 valence electrons. The van der Waals surface area contributed by atoms with Crippen LogP contribution in [0.3, 0.4) is 0 Å². The maximum atomic E-state index is 13.3. The fourth-order valence-electron chi connectivity index (χ4n) is 2.85. The lowest BCUT2D eigenvalue weighted by Gasteiger charge is -2.20. The van der Waals surface area contributed by atoms with Gasteiger partial charge in [0.15, 0.2) is 11.6 Å². The molecule has 0 saturated carbocycles. The van der Waals surface area contributed by atoms with E-state index >= 15 is 0 Å². The van der Waals surface area contributed by atoms with Gasteiger partial charge in [-0.05, 0) is 56.3 Å². The molecule has 0 spiro atoms. The third-order valence-corrected chi connectivity index (χ3v) is 4.08. The molecule has 0 radical (unpaired) electrons. The Morgan fingerprint density at radius 3 is 2.67 bits per heavy atom. The van der Waals surface area contributed by atoms with E-state index in [2.05, 4.69) is 15.1 Å². The van der Waals surface area contributed by atoms with Gasteiger partial charge in [-0.2, -0.15) is 4.98 Å². The van der Waals surface area contributed by atoms with Crippen molar-refractivity contribution >= 4 is 17.4 Å². The van der Waals surface area contributed by atoms with Gasteiger partial charge in [0.05, 0.1) is 12.8 Å². The highest BCUT2D eigenvalue weighted by Gasteiger charge is 2.22. The van der Waals surface area contributed by atoms with Gasteiger partial charge in [0.1, 0.15) is 5.82 Å². The molecule has 0 aliphatic carbocycles. The highest BCUT2D eigenvalue weighted by Crippen LogP contribution is 2.20. The van der Waals surface area contributed by atoms with Crippen LogP contribution in [-0.4, -0.2) is 25.5 Å². The molecule has 0 atom stereocenters. The Kier molecular flexibility index (Phi) is 4.15. The third kappa shape index (κ3) is 3.29. The zero-order valence-corrected chi connectivity index (χ0v) is 14.8. The van der Waals surface area contributed by atoms with Crippen LogP contribution in [0.2, 0.25) is 0 Å². The molecular formula is C19H16FN5O2. The molecule has 0 fully saturated rings. The van der Waals surface area contributed by atoms with Crippen molar-refractivity contribution in [2.45, 2.75) is 20.4 Å². The molecule has 3 heterocycles. The van der Waals surface area contributed by atoms with Crippen molar-refractivity contribution < 1.29 is 13.6 Å². The number of fused-ring (bicyclic) bond motifs is 1. The fraction of sp³-hybridized carbons (Fsp3) is 0.158. The molecule has 0 N–H and O–H groups in total. The van der Waals surface area contributed by atoms with Crippen LogP contribution in [0.1, 0.15) is 27.8 Å². The van der Waals surface area contributed by atoms with Gasteiger partial charge in [-0.1, -0.05) is 0 Å². The maximum absolute atomic E-state index is 13.3. The van der Waals surface area contributed by atoms with Crippen LogP contribution >= 0.6 is 0 Å². The first-order valence-corrected chi connectivity index (χ1v) is 8.32. The van der Waals surface area contributed by atoms with Crippen molar-refractivity contribution in [2.75, 3.05) is 4.90 Å². The Morgan fingerprint density at radius 1 is 1.19 bits per heavy atom. The van der Waals surface area contributed by atoms with Crippen LogP contribution in [0.25, 0.3) is 5.78 Å². The maximum Gasteiger partial charge on any atom is 0.294 e. The average Bonchev–Trinajstić information content (AvgIpc) is 3.29. The summed E-state index contributed by atoms with van der Waals surface area (Å²) in [5.41, 5.74) is 2.24. The number of nitrogens with zero attached hydrogens (tertiary/aromatic N) is 5. The predicted octanol–water partition coefficient (Wildman–Crippen LogP) is 3.32. The monoisotopic (exact) mass is 365 g/mol. The minimum atomic E-state index is -0.384. The molecule has 4 rings (SSSR count). The normalized spacial score (nSPS) is 11.1. The minimum Gasteiger partial charge on any atom is -0.459 e. The predicted molar refractivity (Wildman–Crippen MR) is 95.9 cm³/mol. The van der Waals surface area contributed by atoms with E-state index in [9.17, 15) is 9.18 Å². The van der Waals surface area contributed by atoms with Crippen LogP contribution in [0.15, 0.2) is 53.1 Å². The standard InChI is InChI=1S/C19H16FN5O2/c1-12-10-13(2)25-19(21-12)22-17(23-25)11-24(15-7-5-14(20)6-8-15)18(26)16-4-3-9-27-16/h3-10H,11H2,1-2H3. The number of hydrogen-bond acceptors (Lipinski definition) is 5. The van der Waals surface area contributed by atoms with E-state index in [1.807, 2.05) is 19.9 Å². The lowest BCUT2D eigenvalue weighted by Crippen LogP contribution is -2.30. The summed E-state index contributed by atoms with van der Waals surface area (Å²) in [7, 11) is 0. The fourth-order valence-corrected chi connectivity index (χ4v) is 2.85. The Balaban J connectivity index is 1.74. The van der Waals surface area contributed by atoms with Crippen LogP contribution in [-0.2, 0) is 6.54 Å². The van der Waals surface area contributed by atoms with E-state index < -0.39 is 0 Å². The summed E-state index contributed by atoms with van der Waals surface area (Å²) in [5.74, 6) is 0.303. The van der Waals surface area contributed by atoms with Gasteiger partial charge >= 0.3 is 0 Å². The molecule has 0 aliphatic rings. The molecule has 27 heavy (non-hydrogen) atoms. The number of aromatic nitrogens is 4. The zero-order valence-electron chi connectivity index (χ0n) is 14.8. The molecule has 1 amide bonds. The number of rotatable bonds is 4. The second kappa shape index (κ2) is 6.64. The number of anilines is 1. The molecule has 3 aromatic heterocycles. The molecule has 8 heteroatoms. The van der Waals surface area contributed by atoms with Crippen molar-refractivity contribution in [3.05, 3.63) is 77.5 Å². The Labute approximate surface area is 154 Å². The Morgan fingerprint density at radius 2 is 1.96 bits per heavy atom. The first-order valence-electron chi connectivity index (χ1n) is 8.32. The summed E-state index contributed by atoms with van der Waals surface area (Å²) in [5, 5.41) is 4.44. The van der Waals surface area contributed by atoms with Gasteiger partial charge in [0.25, 0.3) is 11.7 Å². The van der Waals surface area contributed by atoms with Crippen LogP contribution in [0.5, 0.6) is 0 Å². The molecular weight excluding hydrogens is 349 g/mol. The topological polar surface area (TPSA) is 76.5 Å².